The second-order valence-electron chi connectivity index (χ2n) is 5.24. The number of nitrogens with one attached hydrogen (secondary N) is 2. The molecule has 3 rings (SSSR count). The average Bonchev–Trinajstić information content (AvgIpc) is 3.01. The molecule has 0 aliphatic heterocycles. The molecule has 0 radical (unpaired) electrons. The monoisotopic (exact) mass is 323 g/mol. The first kappa shape index (κ1) is 15.7. The predicted molar refractivity (Wildman–Crippen MR) is 89.0 cm³/mol. The van der Waals surface area contributed by atoms with E-state index in [1.807, 2.05) is 30.3 Å². The molecule has 2 N–H and O–H groups in total. The molecule has 24 heavy (non-hydrogen) atoms. The maximum absolute atomic E-state index is 12.0. The summed E-state index contributed by atoms with van der Waals surface area (Å²) in [6.45, 7) is 2.34. The van der Waals surface area contributed by atoms with E-state index in [1.165, 1.54) is 5.56 Å². The molecule has 3 aromatic rings. The third-order valence-corrected chi connectivity index (χ3v) is 3.32. The summed E-state index contributed by atoms with van der Waals surface area (Å²) in [6.07, 6.45) is 0.769. The summed E-state index contributed by atoms with van der Waals surface area (Å²) in [5, 5.41) is 17.5. The van der Waals surface area contributed by atoms with Crippen molar-refractivity contribution < 1.29 is 9.32 Å². The molecule has 1 amide bonds. The molecule has 0 saturated heterocycles. The molecule has 7 nitrogen and oxygen atoms in total. The zero-order valence-corrected chi connectivity index (χ0v) is 13.2. The van der Waals surface area contributed by atoms with Crippen molar-refractivity contribution in [1.29, 1.82) is 0 Å². The van der Waals surface area contributed by atoms with E-state index in [1.54, 1.807) is 25.1 Å². The van der Waals surface area contributed by atoms with Crippen LogP contribution >= 0.6 is 0 Å². The van der Waals surface area contributed by atoms with Crippen molar-refractivity contribution in [3.63, 3.8) is 0 Å². The molecule has 0 unspecified atom stereocenters. The summed E-state index contributed by atoms with van der Waals surface area (Å²) in [6, 6.07) is 15.0. The van der Waals surface area contributed by atoms with E-state index in [4.69, 9.17) is 4.52 Å². The molecule has 0 saturated carbocycles. The molecule has 0 spiro atoms. The van der Waals surface area contributed by atoms with Crippen LogP contribution < -0.4 is 10.6 Å². The van der Waals surface area contributed by atoms with Gasteiger partial charge in [-0.2, -0.15) is 0 Å². The van der Waals surface area contributed by atoms with E-state index in [2.05, 4.69) is 26.0 Å². The second-order valence-corrected chi connectivity index (χ2v) is 5.24. The minimum atomic E-state index is -0.248. The zero-order valence-electron chi connectivity index (χ0n) is 13.2. The fraction of sp³-hybridized carbons (Fsp3) is 0.176. The fourth-order valence-electron chi connectivity index (χ4n) is 2.13. The highest BCUT2D eigenvalue weighted by Crippen LogP contribution is 2.13. The van der Waals surface area contributed by atoms with Crippen LogP contribution in [0.25, 0.3) is 0 Å². The van der Waals surface area contributed by atoms with Crippen molar-refractivity contribution in [2.24, 2.45) is 0 Å². The summed E-state index contributed by atoms with van der Waals surface area (Å²) >= 11 is 0. The highest BCUT2D eigenvalue weighted by molar-refractivity contribution is 5.92. The summed E-state index contributed by atoms with van der Waals surface area (Å²) in [5.74, 6) is 1.48. The minimum Gasteiger partial charge on any atom is -0.360 e. The Bertz CT molecular complexity index is 799. The van der Waals surface area contributed by atoms with Crippen molar-refractivity contribution in [2.75, 3.05) is 11.9 Å². The van der Waals surface area contributed by atoms with Crippen molar-refractivity contribution >= 4 is 17.5 Å². The number of carbonyl (C=O) groups excluding carboxylic acids is 1. The Morgan fingerprint density at radius 2 is 1.92 bits per heavy atom. The number of hydrogen-bond acceptors (Lipinski definition) is 6. The Kier molecular flexibility index (Phi) is 4.81. The average molecular weight is 323 g/mol. The molecule has 7 heteroatoms. The Balaban J connectivity index is 1.52. The molecule has 0 aliphatic carbocycles. The molecule has 0 aliphatic rings. The van der Waals surface area contributed by atoms with Crippen LogP contribution in [-0.4, -0.2) is 27.8 Å². The van der Waals surface area contributed by atoms with Gasteiger partial charge >= 0.3 is 0 Å². The zero-order chi connectivity index (χ0) is 16.8. The molecule has 2 heterocycles. The number of aromatic nitrogens is 3. The van der Waals surface area contributed by atoms with Crippen molar-refractivity contribution in [3.05, 3.63) is 65.5 Å². The van der Waals surface area contributed by atoms with Gasteiger partial charge in [0.2, 0.25) is 0 Å². The van der Waals surface area contributed by atoms with Gasteiger partial charge in [0.1, 0.15) is 5.76 Å². The van der Waals surface area contributed by atoms with Crippen molar-refractivity contribution in [3.8, 4) is 0 Å². The van der Waals surface area contributed by atoms with Gasteiger partial charge in [-0.05, 0) is 31.0 Å². The van der Waals surface area contributed by atoms with E-state index in [-0.39, 0.29) is 11.6 Å². The minimum absolute atomic E-state index is 0.248. The van der Waals surface area contributed by atoms with E-state index in [0.717, 1.165) is 6.42 Å². The Morgan fingerprint density at radius 1 is 1.08 bits per heavy atom. The van der Waals surface area contributed by atoms with Gasteiger partial charge in [0, 0.05) is 12.6 Å². The second kappa shape index (κ2) is 7.36. The highest BCUT2D eigenvalue weighted by atomic mass is 16.5. The number of hydrogen-bond donors (Lipinski definition) is 2. The number of rotatable bonds is 6. The Hall–Kier alpha value is -3.22. The molecule has 0 fully saturated rings. The Morgan fingerprint density at radius 3 is 2.58 bits per heavy atom. The Labute approximate surface area is 139 Å². The molecule has 122 valence electrons. The molecule has 1 aromatic carbocycles. The summed E-state index contributed by atoms with van der Waals surface area (Å²) in [4.78, 5) is 12.0. The van der Waals surface area contributed by atoms with E-state index in [0.29, 0.717) is 23.9 Å². The van der Waals surface area contributed by atoms with Crippen LogP contribution in [0.5, 0.6) is 0 Å². The molecule has 2 aromatic heterocycles. The van der Waals surface area contributed by atoms with Crippen LogP contribution in [0.2, 0.25) is 0 Å². The fourth-order valence-corrected chi connectivity index (χ4v) is 2.13. The summed E-state index contributed by atoms with van der Waals surface area (Å²) < 4.78 is 4.95. The van der Waals surface area contributed by atoms with Gasteiger partial charge in [-0.15, -0.1) is 10.2 Å². The lowest BCUT2D eigenvalue weighted by atomic mass is 10.1. The van der Waals surface area contributed by atoms with Crippen LogP contribution in [0.3, 0.4) is 0 Å². The number of benzene rings is 1. The van der Waals surface area contributed by atoms with Gasteiger partial charge < -0.3 is 15.2 Å². The van der Waals surface area contributed by atoms with Gasteiger partial charge in [0.25, 0.3) is 5.91 Å². The predicted octanol–water partition coefficient (Wildman–Crippen LogP) is 2.49. The number of carbonyl (C=O) groups is 1. The standard InChI is InChI=1S/C17H17N5O2/c1-12-11-16(22-24-12)19-15-8-7-14(20-21-15)17(23)18-10-9-13-5-3-2-4-6-13/h2-8,11H,9-10H2,1H3,(H,18,23)(H,19,21,22). The SMILES string of the molecule is Cc1cc(Nc2ccc(C(=O)NCCc3ccccc3)nn2)no1. The van der Waals surface area contributed by atoms with Crippen LogP contribution in [0.15, 0.2) is 53.1 Å². The third-order valence-electron chi connectivity index (χ3n) is 3.32. The highest BCUT2D eigenvalue weighted by Gasteiger charge is 2.08. The molecular formula is C17H17N5O2. The lowest BCUT2D eigenvalue weighted by molar-refractivity contribution is 0.0948. The van der Waals surface area contributed by atoms with Gasteiger partial charge in [-0.25, -0.2) is 0 Å². The maximum atomic E-state index is 12.0. The van der Waals surface area contributed by atoms with Gasteiger partial charge in [0.05, 0.1) is 0 Å². The molecule has 0 bridgehead atoms. The van der Waals surface area contributed by atoms with Crippen molar-refractivity contribution in [1.82, 2.24) is 20.7 Å². The number of nitrogens with zero attached hydrogens (tertiary/aromatic N) is 3. The molecular weight excluding hydrogens is 306 g/mol. The lowest BCUT2D eigenvalue weighted by Gasteiger charge is -2.05. The summed E-state index contributed by atoms with van der Waals surface area (Å²) in [5.41, 5.74) is 1.44. The smallest absolute Gasteiger partial charge is 0.271 e. The van der Waals surface area contributed by atoms with E-state index < -0.39 is 0 Å². The van der Waals surface area contributed by atoms with Crippen LogP contribution in [0.1, 0.15) is 21.8 Å². The van der Waals surface area contributed by atoms with Crippen LogP contribution in [0, 0.1) is 6.92 Å². The summed E-state index contributed by atoms with van der Waals surface area (Å²) in [7, 11) is 0. The van der Waals surface area contributed by atoms with E-state index in [9.17, 15) is 4.79 Å². The van der Waals surface area contributed by atoms with Gasteiger partial charge in [0.15, 0.2) is 17.3 Å². The first-order valence-corrected chi connectivity index (χ1v) is 7.57. The maximum Gasteiger partial charge on any atom is 0.271 e. The lowest BCUT2D eigenvalue weighted by Crippen LogP contribution is -2.26. The van der Waals surface area contributed by atoms with E-state index >= 15 is 0 Å². The third kappa shape index (κ3) is 4.16. The first-order valence-electron chi connectivity index (χ1n) is 7.57. The topological polar surface area (TPSA) is 92.9 Å². The number of aryl methyl sites for hydroxylation is 1. The number of anilines is 2. The van der Waals surface area contributed by atoms with Crippen LogP contribution in [-0.2, 0) is 6.42 Å². The number of amides is 1. The molecule has 0 atom stereocenters. The van der Waals surface area contributed by atoms with Crippen molar-refractivity contribution in [2.45, 2.75) is 13.3 Å². The van der Waals surface area contributed by atoms with Gasteiger partial charge in [-0.3, -0.25) is 4.79 Å². The van der Waals surface area contributed by atoms with Gasteiger partial charge in [-0.1, -0.05) is 35.5 Å². The largest absolute Gasteiger partial charge is 0.360 e. The quantitative estimate of drug-likeness (QED) is 0.724. The van der Waals surface area contributed by atoms with Crippen LogP contribution in [0.4, 0.5) is 11.6 Å². The normalized spacial score (nSPS) is 10.4. The first-order chi connectivity index (χ1) is 11.7.